The van der Waals surface area contributed by atoms with E-state index in [1.54, 1.807) is 25.3 Å². The third kappa shape index (κ3) is 2.82. The molecular formula is C17H20N4O4. The van der Waals surface area contributed by atoms with Crippen molar-refractivity contribution in [3.63, 3.8) is 0 Å². The van der Waals surface area contributed by atoms with Crippen molar-refractivity contribution in [2.45, 2.75) is 32.5 Å². The summed E-state index contributed by atoms with van der Waals surface area (Å²) in [5.74, 6) is 2.96. The molecular weight excluding hydrogens is 324 g/mol. The normalized spacial score (nSPS) is 18.8. The van der Waals surface area contributed by atoms with E-state index >= 15 is 0 Å². The van der Waals surface area contributed by atoms with Gasteiger partial charge in [-0.1, -0.05) is 0 Å². The topological polar surface area (TPSA) is 78.7 Å². The first kappa shape index (κ1) is 15.9. The Balaban J connectivity index is 1.56. The maximum atomic E-state index is 13.0. The van der Waals surface area contributed by atoms with Gasteiger partial charge in [-0.25, -0.2) is 0 Å². The lowest BCUT2D eigenvalue weighted by Crippen LogP contribution is -2.40. The van der Waals surface area contributed by atoms with E-state index in [1.807, 2.05) is 16.4 Å². The van der Waals surface area contributed by atoms with Crippen molar-refractivity contribution in [1.82, 2.24) is 19.7 Å². The van der Waals surface area contributed by atoms with Crippen LogP contribution in [0.3, 0.4) is 0 Å². The quantitative estimate of drug-likeness (QED) is 0.834. The van der Waals surface area contributed by atoms with Gasteiger partial charge in [-0.15, -0.1) is 10.2 Å². The lowest BCUT2D eigenvalue weighted by atomic mass is 10.1. The second-order valence-corrected chi connectivity index (χ2v) is 6.24. The number of fused-ring (bicyclic) bond motifs is 2. The van der Waals surface area contributed by atoms with E-state index in [1.165, 1.54) is 0 Å². The predicted octanol–water partition coefficient (Wildman–Crippen LogP) is 1.24. The van der Waals surface area contributed by atoms with Gasteiger partial charge in [0.1, 0.15) is 12.4 Å². The summed E-state index contributed by atoms with van der Waals surface area (Å²) < 4.78 is 17.9. The number of hydrogen-bond acceptors (Lipinski definition) is 6. The molecule has 2 aliphatic rings. The Morgan fingerprint density at radius 1 is 1.28 bits per heavy atom. The Morgan fingerprint density at radius 2 is 2.12 bits per heavy atom. The van der Waals surface area contributed by atoms with Crippen LogP contribution in [0.25, 0.3) is 0 Å². The first-order chi connectivity index (χ1) is 12.2. The number of rotatable bonds is 3. The third-order valence-corrected chi connectivity index (χ3v) is 4.63. The Labute approximate surface area is 145 Å². The average molecular weight is 344 g/mol. The van der Waals surface area contributed by atoms with Gasteiger partial charge in [0.05, 0.1) is 0 Å². The zero-order valence-corrected chi connectivity index (χ0v) is 14.3. The molecule has 0 fully saturated rings. The van der Waals surface area contributed by atoms with Gasteiger partial charge >= 0.3 is 0 Å². The lowest BCUT2D eigenvalue weighted by molar-refractivity contribution is 0.0694. The fourth-order valence-electron chi connectivity index (χ4n) is 3.32. The summed E-state index contributed by atoms with van der Waals surface area (Å²) in [5, 5.41) is 8.44. The summed E-state index contributed by atoms with van der Waals surface area (Å²) in [4.78, 5) is 14.9. The van der Waals surface area contributed by atoms with Crippen molar-refractivity contribution in [2.75, 3.05) is 20.4 Å². The standard InChI is InChI=1S/C17H20N4O4/c1-11-7-15-18-19-16(9-23-2)21(15)6-5-20(11)17(22)12-3-4-13-14(8-12)25-10-24-13/h3-4,8,11H,5-7,9-10H2,1-2H3/t11-/m1/s1. The van der Waals surface area contributed by atoms with E-state index in [2.05, 4.69) is 10.2 Å². The van der Waals surface area contributed by atoms with Crippen LogP contribution in [0.1, 0.15) is 28.9 Å². The zero-order chi connectivity index (χ0) is 17.4. The minimum atomic E-state index is -0.0159. The molecule has 0 bridgehead atoms. The minimum Gasteiger partial charge on any atom is -0.454 e. The number of ether oxygens (including phenoxy) is 3. The number of amides is 1. The molecule has 4 rings (SSSR count). The molecule has 0 N–H and O–H groups in total. The number of aromatic nitrogens is 3. The molecule has 8 nitrogen and oxygen atoms in total. The summed E-state index contributed by atoms with van der Waals surface area (Å²) >= 11 is 0. The van der Waals surface area contributed by atoms with Crippen LogP contribution in [-0.4, -0.2) is 52.1 Å². The highest BCUT2D eigenvalue weighted by Gasteiger charge is 2.28. The molecule has 1 amide bonds. The Kier molecular flexibility index (Phi) is 4.04. The highest BCUT2D eigenvalue weighted by atomic mass is 16.7. The molecule has 8 heteroatoms. The van der Waals surface area contributed by atoms with E-state index in [4.69, 9.17) is 14.2 Å². The van der Waals surface area contributed by atoms with Gasteiger partial charge in [0.15, 0.2) is 17.3 Å². The molecule has 2 aromatic rings. The minimum absolute atomic E-state index is 0.0159. The average Bonchev–Trinajstić information content (AvgIpc) is 3.18. The number of carbonyl (C=O) groups excluding carboxylic acids is 1. The summed E-state index contributed by atoms with van der Waals surface area (Å²) in [6.45, 7) is 3.89. The monoisotopic (exact) mass is 344 g/mol. The molecule has 1 aromatic heterocycles. The molecule has 1 atom stereocenters. The lowest BCUT2D eigenvalue weighted by Gasteiger charge is -2.26. The second kappa shape index (κ2) is 6.36. The Morgan fingerprint density at radius 3 is 2.96 bits per heavy atom. The first-order valence-electron chi connectivity index (χ1n) is 8.28. The Bertz CT molecular complexity index is 804. The van der Waals surface area contributed by atoms with E-state index < -0.39 is 0 Å². The van der Waals surface area contributed by atoms with Crippen LogP contribution in [-0.2, 0) is 24.3 Å². The molecule has 132 valence electrons. The van der Waals surface area contributed by atoms with Gasteiger partial charge in [-0.3, -0.25) is 4.79 Å². The summed E-state index contributed by atoms with van der Waals surface area (Å²) in [7, 11) is 1.64. The molecule has 25 heavy (non-hydrogen) atoms. The van der Waals surface area contributed by atoms with E-state index in [0.717, 1.165) is 11.6 Å². The predicted molar refractivity (Wildman–Crippen MR) is 87.5 cm³/mol. The molecule has 3 heterocycles. The summed E-state index contributed by atoms with van der Waals surface area (Å²) in [5.41, 5.74) is 0.603. The van der Waals surface area contributed by atoms with Crippen LogP contribution in [0, 0.1) is 0 Å². The van der Waals surface area contributed by atoms with Crippen LogP contribution >= 0.6 is 0 Å². The molecule has 0 saturated carbocycles. The van der Waals surface area contributed by atoms with Crippen molar-refractivity contribution in [2.24, 2.45) is 0 Å². The van der Waals surface area contributed by atoms with Crippen LogP contribution < -0.4 is 9.47 Å². The summed E-state index contributed by atoms with van der Waals surface area (Å²) in [6, 6.07) is 5.34. The molecule has 0 unspecified atom stereocenters. The first-order valence-corrected chi connectivity index (χ1v) is 8.28. The fraction of sp³-hybridized carbons (Fsp3) is 0.471. The molecule has 1 aromatic carbocycles. The maximum Gasteiger partial charge on any atom is 0.254 e. The highest BCUT2D eigenvalue weighted by Crippen LogP contribution is 2.33. The molecule has 2 aliphatic heterocycles. The second-order valence-electron chi connectivity index (χ2n) is 6.24. The van der Waals surface area contributed by atoms with Crippen molar-refractivity contribution in [3.8, 4) is 11.5 Å². The van der Waals surface area contributed by atoms with Crippen molar-refractivity contribution in [1.29, 1.82) is 0 Å². The van der Waals surface area contributed by atoms with Gasteiger partial charge in [-0.05, 0) is 25.1 Å². The molecule has 0 radical (unpaired) electrons. The van der Waals surface area contributed by atoms with Crippen molar-refractivity contribution in [3.05, 3.63) is 35.4 Å². The number of carbonyl (C=O) groups is 1. The van der Waals surface area contributed by atoms with Crippen LogP contribution in [0.4, 0.5) is 0 Å². The van der Waals surface area contributed by atoms with E-state index in [-0.39, 0.29) is 18.7 Å². The Hall–Kier alpha value is -2.61. The summed E-state index contributed by atoms with van der Waals surface area (Å²) in [6.07, 6.45) is 0.660. The van der Waals surface area contributed by atoms with E-state index in [0.29, 0.717) is 43.2 Å². The maximum absolute atomic E-state index is 13.0. The third-order valence-electron chi connectivity index (χ3n) is 4.63. The van der Waals surface area contributed by atoms with Gasteiger partial charge in [-0.2, -0.15) is 0 Å². The molecule has 0 aliphatic carbocycles. The number of methoxy groups -OCH3 is 1. The van der Waals surface area contributed by atoms with E-state index in [9.17, 15) is 4.79 Å². The fourth-order valence-corrected chi connectivity index (χ4v) is 3.32. The van der Waals surface area contributed by atoms with Crippen molar-refractivity contribution >= 4 is 5.91 Å². The number of hydrogen-bond donors (Lipinski definition) is 0. The van der Waals surface area contributed by atoms with Crippen LogP contribution in [0.2, 0.25) is 0 Å². The van der Waals surface area contributed by atoms with Crippen LogP contribution in [0.15, 0.2) is 18.2 Å². The zero-order valence-electron chi connectivity index (χ0n) is 14.3. The SMILES string of the molecule is COCc1nnc2n1CCN(C(=O)c1ccc3c(c1)OCO3)[C@H](C)C2. The van der Waals surface area contributed by atoms with Crippen molar-refractivity contribution < 1.29 is 19.0 Å². The largest absolute Gasteiger partial charge is 0.454 e. The smallest absolute Gasteiger partial charge is 0.254 e. The van der Waals surface area contributed by atoms with Gasteiger partial charge in [0.2, 0.25) is 6.79 Å². The highest BCUT2D eigenvalue weighted by molar-refractivity contribution is 5.95. The number of benzene rings is 1. The molecule has 0 spiro atoms. The van der Waals surface area contributed by atoms with Gasteiger partial charge < -0.3 is 23.7 Å². The number of nitrogens with zero attached hydrogens (tertiary/aromatic N) is 4. The molecule has 0 saturated heterocycles. The van der Waals surface area contributed by atoms with Gasteiger partial charge in [0.25, 0.3) is 5.91 Å². The van der Waals surface area contributed by atoms with Gasteiger partial charge in [0, 0.05) is 38.2 Å². The van der Waals surface area contributed by atoms with Crippen LogP contribution in [0.5, 0.6) is 11.5 Å².